The molecule has 2 aromatic carbocycles. The summed E-state index contributed by atoms with van der Waals surface area (Å²) in [6, 6.07) is 15.4. The highest BCUT2D eigenvalue weighted by molar-refractivity contribution is 6.42. The number of hydrogen-bond donors (Lipinski definition) is 1. The number of aromatic nitrogens is 2. The average molecular weight is 458 g/mol. The Hall–Kier alpha value is -2.38. The van der Waals surface area contributed by atoms with Gasteiger partial charge in [-0.25, -0.2) is 4.98 Å². The van der Waals surface area contributed by atoms with E-state index in [1.165, 1.54) is 0 Å². The first-order valence-electron chi connectivity index (χ1n) is 10.3. The quantitative estimate of drug-likeness (QED) is 0.579. The van der Waals surface area contributed by atoms with Crippen LogP contribution in [0.3, 0.4) is 0 Å². The molecule has 31 heavy (non-hydrogen) atoms. The average Bonchev–Trinajstić information content (AvgIpc) is 3.25. The molecule has 1 fully saturated rings. The molecule has 3 aromatic rings. The number of nitrogens with zero attached hydrogens (tertiary/aromatic N) is 4. The fourth-order valence-corrected chi connectivity index (χ4v) is 4.03. The number of hydrogen-bond acceptors (Lipinski definition) is 4. The largest absolute Gasteiger partial charge is 0.330 e. The fraction of sp³-hybridized carbons (Fsp3) is 0.304. The second-order valence-corrected chi connectivity index (χ2v) is 8.42. The molecular formula is C23H25Cl2N5O. The number of anilines is 1. The van der Waals surface area contributed by atoms with Crippen LogP contribution < -0.4 is 5.32 Å². The lowest BCUT2D eigenvalue weighted by molar-refractivity contribution is -0.117. The van der Waals surface area contributed by atoms with Crippen LogP contribution in [-0.2, 0) is 11.3 Å². The molecular weight excluding hydrogens is 433 g/mol. The Morgan fingerprint density at radius 1 is 0.935 bits per heavy atom. The third-order valence-electron chi connectivity index (χ3n) is 5.44. The summed E-state index contributed by atoms with van der Waals surface area (Å²) < 4.78 is 2.20. The summed E-state index contributed by atoms with van der Waals surface area (Å²) in [6.45, 7) is 5.83. The van der Waals surface area contributed by atoms with Crippen LogP contribution in [0, 0.1) is 0 Å². The Morgan fingerprint density at radius 2 is 1.68 bits per heavy atom. The molecule has 1 saturated heterocycles. The second-order valence-electron chi connectivity index (χ2n) is 7.61. The summed E-state index contributed by atoms with van der Waals surface area (Å²) in [7, 11) is 0. The van der Waals surface area contributed by atoms with Crippen LogP contribution in [0.1, 0.15) is 0 Å². The highest BCUT2D eigenvalue weighted by atomic mass is 35.5. The first kappa shape index (κ1) is 21.8. The molecule has 0 saturated carbocycles. The predicted octanol–water partition coefficient (Wildman–Crippen LogP) is 4.11. The topological polar surface area (TPSA) is 53.4 Å². The van der Waals surface area contributed by atoms with Gasteiger partial charge in [-0.15, -0.1) is 0 Å². The van der Waals surface area contributed by atoms with Crippen molar-refractivity contribution >= 4 is 34.8 Å². The maximum Gasteiger partial charge on any atom is 0.238 e. The lowest BCUT2D eigenvalue weighted by Gasteiger charge is -2.34. The van der Waals surface area contributed by atoms with E-state index in [0.29, 0.717) is 22.3 Å². The zero-order chi connectivity index (χ0) is 21.6. The van der Waals surface area contributed by atoms with Gasteiger partial charge in [0.05, 0.1) is 16.6 Å². The molecule has 0 radical (unpaired) electrons. The molecule has 0 bridgehead atoms. The molecule has 0 unspecified atom stereocenters. The molecule has 4 rings (SSSR count). The van der Waals surface area contributed by atoms with Crippen molar-refractivity contribution in [2.75, 3.05) is 44.6 Å². The summed E-state index contributed by atoms with van der Waals surface area (Å²) in [5, 5.41) is 3.79. The summed E-state index contributed by atoms with van der Waals surface area (Å²) in [6.07, 6.45) is 3.89. The molecule has 1 aliphatic heterocycles. The SMILES string of the molecule is O=C(CN1CCN(CCn2ccnc2-c2ccccc2)CC1)Nc1ccc(Cl)c(Cl)c1. The molecule has 1 N–H and O–H groups in total. The van der Waals surface area contributed by atoms with E-state index in [1.807, 2.05) is 30.6 Å². The molecule has 1 amide bonds. The van der Waals surface area contributed by atoms with Crippen molar-refractivity contribution in [1.29, 1.82) is 0 Å². The van der Waals surface area contributed by atoms with Gasteiger partial charge < -0.3 is 9.88 Å². The number of imidazole rings is 1. The number of carbonyl (C=O) groups is 1. The Balaban J connectivity index is 1.22. The van der Waals surface area contributed by atoms with E-state index in [1.54, 1.807) is 18.2 Å². The van der Waals surface area contributed by atoms with Crippen LogP contribution in [0.25, 0.3) is 11.4 Å². The van der Waals surface area contributed by atoms with Gasteiger partial charge in [0.2, 0.25) is 5.91 Å². The Labute approximate surface area is 192 Å². The monoisotopic (exact) mass is 457 g/mol. The Morgan fingerprint density at radius 3 is 2.42 bits per heavy atom. The molecule has 6 nitrogen and oxygen atoms in total. The van der Waals surface area contributed by atoms with Gasteiger partial charge in [0.1, 0.15) is 5.82 Å². The van der Waals surface area contributed by atoms with Gasteiger partial charge in [-0.2, -0.15) is 0 Å². The number of benzene rings is 2. The highest BCUT2D eigenvalue weighted by Gasteiger charge is 2.19. The molecule has 1 aliphatic rings. The van der Waals surface area contributed by atoms with Gasteiger partial charge in [0, 0.05) is 62.9 Å². The van der Waals surface area contributed by atoms with E-state index in [0.717, 1.165) is 50.7 Å². The van der Waals surface area contributed by atoms with Crippen molar-refractivity contribution in [1.82, 2.24) is 19.4 Å². The normalized spacial score (nSPS) is 15.2. The minimum atomic E-state index is -0.0437. The van der Waals surface area contributed by atoms with Crippen LogP contribution in [0.5, 0.6) is 0 Å². The number of carbonyl (C=O) groups excluding carboxylic acids is 1. The molecule has 0 atom stereocenters. The highest BCUT2D eigenvalue weighted by Crippen LogP contribution is 2.25. The maximum atomic E-state index is 12.4. The Kier molecular flexibility index (Phi) is 7.25. The number of halogens is 2. The zero-order valence-electron chi connectivity index (χ0n) is 17.2. The summed E-state index contributed by atoms with van der Waals surface area (Å²) >= 11 is 11.9. The lowest BCUT2D eigenvalue weighted by Crippen LogP contribution is -2.49. The van der Waals surface area contributed by atoms with Crippen molar-refractivity contribution < 1.29 is 4.79 Å². The van der Waals surface area contributed by atoms with Gasteiger partial charge in [-0.3, -0.25) is 14.6 Å². The van der Waals surface area contributed by atoms with Crippen LogP contribution in [0.4, 0.5) is 5.69 Å². The lowest BCUT2D eigenvalue weighted by atomic mass is 10.2. The van der Waals surface area contributed by atoms with Crippen molar-refractivity contribution in [2.24, 2.45) is 0 Å². The zero-order valence-corrected chi connectivity index (χ0v) is 18.7. The fourth-order valence-electron chi connectivity index (χ4n) is 3.73. The van der Waals surface area contributed by atoms with E-state index in [-0.39, 0.29) is 5.91 Å². The summed E-state index contributed by atoms with van der Waals surface area (Å²) in [5.41, 5.74) is 1.79. The van der Waals surface area contributed by atoms with Crippen molar-refractivity contribution in [3.63, 3.8) is 0 Å². The van der Waals surface area contributed by atoms with Gasteiger partial charge in [-0.05, 0) is 18.2 Å². The van der Waals surface area contributed by atoms with Gasteiger partial charge in [0.25, 0.3) is 0 Å². The molecule has 8 heteroatoms. The number of rotatable bonds is 7. The van der Waals surface area contributed by atoms with E-state index in [9.17, 15) is 4.79 Å². The van der Waals surface area contributed by atoms with E-state index in [2.05, 4.69) is 36.8 Å². The van der Waals surface area contributed by atoms with Crippen molar-refractivity contribution in [3.05, 3.63) is 71.0 Å². The van der Waals surface area contributed by atoms with E-state index < -0.39 is 0 Å². The van der Waals surface area contributed by atoms with Crippen LogP contribution in [0.15, 0.2) is 60.9 Å². The van der Waals surface area contributed by atoms with Crippen LogP contribution in [0.2, 0.25) is 10.0 Å². The Bertz CT molecular complexity index is 1020. The molecule has 0 aliphatic carbocycles. The van der Waals surface area contributed by atoms with Crippen LogP contribution in [-0.4, -0.2) is 64.5 Å². The molecule has 2 heterocycles. The maximum absolute atomic E-state index is 12.4. The third-order valence-corrected chi connectivity index (χ3v) is 6.18. The van der Waals surface area contributed by atoms with Crippen molar-refractivity contribution in [2.45, 2.75) is 6.54 Å². The first-order valence-corrected chi connectivity index (χ1v) is 11.1. The van der Waals surface area contributed by atoms with E-state index >= 15 is 0 Å². The standard InChI is InChI=1S/C23H25Cl2N5O/c24-20-7-6-19(16-21(20)25)27-22(31)17-29-12-10-28(11-13-29)14-15-30-9-8-26-23(30)18-4-2-1-3-5-18/h1-9,16H,10-15,17H2,(H,27,31). The minimum absolute atomic E-state index is 0.0437. The minimum Gasteiger partial charge on any atom is -0.330 e. The summed E-state index contributed by atoms with van der Waals surface area (Å²) in [5.74, 6) is 0.955. The van der Waals surface area contributed by atoms with Gasteiger partial charge >= 0.3 is 0 Å². The smallest absolute Gasteiger partial charge is 0.238 e. The second kappa shape index (κ2) is 10.3. The number of piperazine rings is 1. The predicted molar refractivity (Wildman–Crippen MR) is 126 cm³/mol. The summed E-state index contributed by atoms with van der Waals surface area (Å²) in [4.78, 5) is 21.5. The number of amides is 1. The van der Waals surface area contributed by atoms with Gasteiger partial charge in [0.15, 0.2) is 0 Å². The molecule has 162 valence electrons. The third kappa shape index (κ3) is 5.86. The van der Waals surface area contributed by atoms with Crippen molar-refractivity contribution in [3.8, 4) is 11.4 Å². The van der Waals surface area contributed by atoms with Crippen LogP contribution >= 0.6 is 23.2 Å². The molecule has 0 spiro atoms. The van der Waals surface area contributed by atoms with E-state index in [4.69, 9.17) is 23.2 Å². The van der Waals surface area contributed by atoms with Gasteiger partial charge in [-0.1, -0.05) is 53.5 Å². The number of nitrogens with one attached hydrogen (secondary N) is 1. The first-order chi connectivity index (χ1) is 15.1. The molecule has 1 aromatic heterocycles.